The second-order valence-electron chi connectivity index (χ2n) is 3.96. The normalized spacial score (nSPS) is 17.0. The van der Waals surface area contributed by atoms with E-state index in [1.54, 1.807) is 7.11 Å². The van der Waals surface area contributed by atoms with Crippen LogP contribution in [0.2, 0.25) is 0 Å². The average Bonchev–Trinajstić information content (AvgIpc) is 2.77. The fourth-order valence-corrected chi connectivity index (χ4v) is 1.97. The van der Waals surface area contributed by atoms with E-state index in [1.807, 2.05) is 30.3 Å². The third-order valence-corrected chi connectivity index (χ3v) is 2.79. The number of methoxy groups -OCH3 is 1. The van der Waals surface area contributed by atoms with Crippen LogP contribution in [0, 0.1) is 0 Å². The summed E-state index contributed by atoms with van der Waals surface area (Å²) in [7, 11) is 1.64. The molecule has 0 heterocycles. The lowest BCUT2D eigenvalue weighted by Gasteiger charge is -2.04. The molecule has 3 heteroatoms. The van der Waals surface area contributed by atoms with Crippen molar-refractivity contribution in [3.8, 4) is 5.75 Å². The standard InChI is InChI=1S/C14H14O3/c1-17-13-4-2-3-11(9-13)12-6-5-10(7-12)8-14(15)16/h2-4,7-9H,5-6H2,1H3,(H,15,16)/b10-8+. The topological polar surface area (TPSA) is 46.5 Å². The zero-order chi connectivity index (χ0) is 12.3. The van der Waals surface area contributed by atoms with Gasteiger partial charge in [0.2, 0.25) is 0 Å². The van der Waals surface area contributed by atoms with Gasteiger partial charge in [-0.1, -0.05) is 18.2 Å². The molecule has 0 radical (unpaired) electrons. The van der Waals surface area contributed by atoms with Crippen LogP contribution in [-0.2, 0) is 4.79 Å². The third kappa shape index (κ3) is 2.75. The molecule has 1 aliphatic rings. The smallest absolute Gasteiger partial charge is 0.328 e. The molecule has 0 atom stereocenters. The first-order chi connectivity index (χ1) is 8.19. The van der Waals surface area contributed by atoms with Gasteiger partial charge in [0.15, 0.2) is 0 Å². The Bertz CT molecular complexity index is 498. The number of aliphatic carboxylic acids is 1. The Hall–Kier alpha value is -2.03. The van der Waals surface area contributed by atoms with E-state index in [1.165, 1.54) is 6.08 Å². The number of rotatable bonds is 3. The number of carboxylic acid groups (broad SMARTS) is 1. The van der Waals surface area contributed by atoms with Gasteiger partial charge in [-0.15, -0.1) is 0 Å². The van der Waals surface area contributed by atoms with Crippen molar-refractivity contribution >= 4 is 11.5 Å². The fraction of sp³-hybridized carbons (Fsp3) is 0.214. The Labute approximate surface area is 100 Å². The second-order valence-corrected chi connectivity index (χ2v) is 3.96. The molecule has 0 saturated carbocycles. The van der Waals surface area contributed by atoms with Gasteiger partial charge in [-0.2, -0.15) is 0 Å². The maximum Gasteiger partial charge on any atom is 0.328 e. The van der Waals surface area contributed by atoms with Crippen LogP contribution >= 0.6 is 0 Å². The number of hydrogen-bond acceptors (Lipinski definition) is 2. The van der Waals surface area contributed by atoms with Crippen LogP contribution in [0.1, 0.15) is 18.4 Å². The molecule has 1 N–H and O–H groups in total. The second kappa shape index (κ2) is 4.87. The molecule has 0 fully saturated rings. The first-order valence-corrected chi connectivity index (χ1v) is 5.47. The van der Waals surface area contributed by atoms with Crippen molar-refractivity contribution in [2.24, 2.45) is 0 Å². The zero-order valence-corrected chi connectivity index (χ0v) is 9.64. The van der Waals surface area contributed by atoms with Crippen molar-refractivity contribution in [1.82, 2.24) is 0 Å². The Balaban J connectivity index is 2.26. The quantitative estimate of drug-likeness (QED) is 0.812. The molecule has 2 rings (SSSR count). The van der Waals surface area contributed by atoms with Crippen LogP contribution in [0.4, 0.5) is 0 Å². The van der Waals surface area contributed by atoms with Gasteiger partial charge in [0.05, 0.1) is 7.11 Å². The largest absolute Gasteiger partial charge is 0.497 e. The van der Waals surface area contributed by atoms with Crippen molar-refractivity contribution < 1.29 is 14.6 Å². The van der Waals surface area contributed by atoms with Crippen LogP contribution in [0.15, 0.2) is 42.0 Å². The van der Waals surface area contributed by atoms with Crippen LogP contribution in [0.3, 0.4) is 0 Å². The number of carboxylic acids is 1. The Morgan fingerprint density at radius 3 is 2.94 bits per heavy atom. The molecule has 1 aromatic carbocycles. The van der Waals surface area contributed by atoms with E-state index in [2.05, 4.69) is 0 Å². The summed E-state index contributed by atoms with van der Waals surface area (Å²) in [6.07, 6.45) is 4.89. The molecule has 1 aromatic rings. The summed E-state index contributed by atoms with van der Waals surface area (Å²) in [6.45, 7) is 0. The Kier molecular flexibility index (Phi) is 3.28. The predicted octanol–water partition coefficient (Wildman–Crippen LogP) is 2.88. The van der Waals surface area contributed by atoms with Gasteiger partial charge in [-0.05, 0) is 41.7 Å². The highest BCUT2D eigenvalue weighted by atomic mass is 16.5. The molecule has 17 heavy (non-hydrogen) atoms. The van der Waals surface area contributed by atoms with Crippen molar-refractivity contribution in [3.63, 3.8) is 0 Å². The lowest BCUT2D eigenvalue weighted by molar-refractivity contribution is -0.131. The fourth-order valence-electron chi connectivity index (χ4n) is 1.97. The van der Waals surface area contributed by atoms with E-state index >= 15 is 0 Å². The van der Waals surface area contributed by atoms with Crippen LogP contribution in [-0.4, -0.2) is 18.2 Å². The summed E-state index contributed by atoms with van der Waals surface area (Å²) >= 11 is 0. The molecule has 0 unspecified atom stereocenters. The van der Waals surface area contributed by atoms with E-state index in [0.29, 0.717) is 0 Å². The lowest BCUT2D eigenvalue weighted by Crippen LogP contribution is -1.88. The van der Waals surface area contributed by atoms with Crippen molar-refractivity contribution in [2.75, 3.05) is 7.11 Å². The maximum absolute atomic E-state index is 10.6. The third-order valence-electron chi connectivity index (χ3n) is 2.79. The van der Waals surface area contributed by atoms with Gasteiger partial charge in [0.25, 0.3) is 0 Å². The molecular formula is C14H14O3. The number of carbonyl (C=O) groups is 1. The van der Waals surface area contributed by atoms with E-state index in [-0.39, 0.29) is 0 Å². The van der Waals surface area contributed by atoms with E-state index in [0.717, 1.165) is 35.3 Å². The molecule has 0 aliphatic heterocycles. The van der Waals surface area contributed by atoms with Gasteiger partial charge in [-0.25, -0.2) is 4.79 Å². The van der Waals surface area contributed by atoms with E-state index in [9.17, 15) is 4.79 Å². The molecule has 88 valence electrons. The van der Waals surface area contributed by atoms with Crippen molar-refractivity contribution in [2.45, 2.75) is 12.8 Å². The first kappa shape index (κ1) is 11.5. The highest BCUT2D eigenvalue weighted by molar-refractivity contribution is 5.83. The lowest BCUT2D eigenvalue weighted by atomic mass is 10.1. The van der Waals surface area contributed by atoms with Gasteiger partial charge < -0.3 is 9.84 Å². The molecule has 0 bridgehead atoms. The van der Waals surface area contributed by atoms with Crippen molar-refractivity contribution in [3.05, 3.63) is 47.6 Å². The zero-order valence-electron chi connectivity index (χ0n) is 9.64. The van der Waals surface area contributed by atoms with Gasteiger partial charge in [-0.3, -0.25) is 0 Å². The summed E-state index contributed by atoms with van der Waals surface area (Å²) in [4.78, 5) is 10.6. The summed E-state index contributed by atoms with van der Waals surface area (Å²) in [5.41, 5.74) is 3.13. The summed E-state index contributed by atoms with van der Waals surface area (Å²) < 4.78 is 5.17. The van der Waals surface area contributed by atoms with Gasteiger partial charge >= 0.3 is 5.97 Å². The Morgan fingerprint density at radius 1 is 1.41 bits per heavy atom. The predicted molar refractivity (Wildman–Crippen MR) is 65.9 cm³/mol. The van der Waals surface area contributed by atoms with Crippen molar-refractivity contribution in [1.29, 1.82) is 0 Å². The van der Waals surface area contributed by atoms with Crippen LogP contribution in [0.5, 0.6) is 5.75 Å². The number of allylic oxidation sites excluding steroid dienone is 3. The summed E-state index contributed by atoms with van der Waals surface area (Å²) in [6, 6.07) is 7.81. The molecule has 0 amide bonds. The van der Waals surface area contributed by atoms with E-state index in [4.69, 9.17) is 9.84 Å². The molecule has 0 spiro atoms. The summed E-state index contributed by atoms with van der Waals surface area (Å²) in [5.74, 6) is -0.0674. The number of hydrogen-bond donors (Lipinski definition) is 1. The SMILES string of the molecule is COc1cccc(C2=C/C(=C/C(=O)O)CC2)c1. The molecule has 0 saturated heterocycles. The minimum atomic E-state index is -0.886. The molecule has 0 aromatic heterocycles. The summed E-state index contributed by atoms with van der Waals surface area (Å²) in [5, 5.41) is 8.69. The monoisotopic (exact) mass is 230 g/mol. The highest BCUT2D eigenvalue weighted by Gasteiger charge is 2.12. The molecular weight excluding hydrogens is 216 g/mol. The highest BCUT2D eigenvalue weighted by Crippen LogP contribution is 2.32. The number of ether oxygens (including phenoxy) is 1. The first-order valence-electron chi connectivity index (χ1n) is 5.47. The average molecular weight is 230 g/mol. The van der Waals surface area contributed by atoms with Gasteiger partial charge in [0.1, 0.15) is 5.75 Å². The van der Waals surface area contributed by atoms with Crippen LogP contribution in [0.25, 0.3) is 5.57 Å². The van der Waals surface area contributed by atoms with Crippen LogP contribution < -0.4 is 4.74 Å². The number of benzene rings is 1. The van der Waals surface area contributed by atoms with E-state index < -0.39 is 5.97 Å². The minimum Gasteiger partial charge on any atom is -0.497 e. The molecule has 3 nitrogen and oxygen atoms in total. The maximum atomic E-state index is 10.6. The van der Waals surface area contributed by atoms with Gasteiger partial charge in [0, 0.05) is 6.08 Å². The minimum absolute atomic E-state index is 0.791. The molecule has 1 aliphatic carbocycles. The Morgan fingerprint density at radius 2 is 2.24 bits per heavy atom.